The summed E-state index contributed by atoms with van der Waals surface area (Å²) in [6, 6.07) is 0. The normalized spacial score (nSPS) is 18.1. The molecule has 5 heteroatoms. The lowest BCUT2D eigenvalue weighted by Gasteiger charge is -2.18. The molecular weight excluding hydrogens is 224 g/mol. The predicted molar refractivity (Wildman–Crippen MR) is 63.4 cm³/mol. The Morgan fingerprint density at radius 3 is 2.75 bits per heavy atom. The van der Waals surface area contributed by atoms with E-state index in [-0.39, 0.29) is 5.84 Å². The highest BCUT2D eigenvalue weighted by molar-refractivity contribution is 6.36. The zero-order valence-corrected chi connectivity index (χ0v) is 9.43. The highest BCUT2D eigenvalue weighted by Gasteiger charge is 2.29. The Kier molecular flexibility index (Phi) is 2.01. The van der Waals surface area contributed by atoms with Gasteiger partial charge in [-0.25, -0.2) is 9.98 Å². The standard InChI is InChI=1S/C11H11ClN4/c12-9-8-7(10(13)16-11(8)14)5-3-1-2-4-6(5)15-9/h1-4H2,(H3,13,14,16). The molecule has 0 atom stereocenters. The Bertz CT molecular complexity index is 533. The van der Waals surface area contributed by atoms with Crippen molar-refractivity contribution < 1.29 is 0 Å². The molecule has 1 aliphatic carbocycles. The molecule has 0 aromatic carbocycles. The minimum absolute atomic E-state index is 0.137. The van der Waals surface area contributed by atoms with Crippen LogP contribution in [-0.4, -0.2) is 16.7 Å². The summed E-state index contributed by atoms with van der Waals surface area (Å²) in [4.78, 5) is 8.35. The number of nitrogens with one attached hydrogen (secondary N) is 1. The van der Waals surface area contributed by atoms with E-state index in [0.717, 1.165) is 42.5 Å². The van der Waals surface area contributed by atoms with Gasteiger partial charge in [-0.2, -0.15) is 0 Å². The van der Waals surface area contributed by atoms with E-state index < -0.39 is 0 Å². The van der Waals surface area contributed by atoms with Crippen molar-refractivity contribution in [2.45, 2.75) is 25.7 Å². The minimum atomic E-state index is 0.137. The van der Waals surface area contributed by atoms with Gasteiger partial charge in [-0.1, -0.05) is 11.6 Å². The fraction of sp³-hybridized carbons (Fsp3) is 0.364. The maximum absolute atomic E-state index is 7.73. The Labute approximate surface area is 98.1 Å². The van der Waals surface area contributed by atoms with Gasteiger partial charge in [0, 0.05) is 11.3 Å². The van der Waals surface area contributed by atoms with Crippen LogP contribution in [0.4, 0.5) is 0 Å². The molecule has 1 aromatic heterocycles. The molecule has 0 saturated heterocycles. The van der Waals surface area contributed by atoms with Gasteiger partial charge in [0.25, 0.3) is 0 Å². The summed E-state index contributed by atoms with van der Waals surface area (Å²) in [5.74, 6) is 0.556. The second-order valence-corrected chi connectivity index (χ2v) is 4.49. The maximum atomic E-state index is 7.73. The number of fused-ring (bicyclic) bond motifs is 3. The van der Waals surface area contributed by atoms with Crippen LogP contribution in [-0.2, 0) is 12.8 Å². The second-order valence-electron chi connectivity index (χ2n) is 4.13. The molecule has 0 unspecified atom stereocenters. The van der Waals surface area contributed by atoms with Crippen molar-refractivity contribution in [1.82, 2.24) is 4.98 Å². The van der Waals surface area contributed by atoms with E-state index in [9.17, 15) is 0 Å². The van der Waals surface area contributed by atoms with Gasteiger partial charge in [-0.05, 0) is 31.2 Å². The Morgan fingerprint density at radius 1 is 1.19 bits per heavy atom. The summed E-state index contributed by atoms with van der Waals surface area (Å²) in [5, 5.41) is 8.09. The number of aliphatic imine (C=N–C) groups is 1. The predicted octanol–water partition coefficient (Wildman–Crippen LogP) is 1.66. The number of hydrogen-bond acceptors (Lipinski definition) is 3. The Morgan fingerprint density at radius 2 is 1.94 bits per heavy atom. The van der Waals surface area contributed by atoms with Crippen molar-refractivity contribution in [3.8, 4) is 0 Å². The van der Waals surface area contributed by atoms with Gasteiger partial charge >= 0.3 is 0 Å². The molecule has 1 aliphatic heterocycles. The third-order valence-electron chi connectivity index (χ3n) is 3.16. The van der Waals surface area contributed by atoms with Crippen LogP contribution in [0.25, 0.3) is 0 Å². The molecule has 82 valence electrons. The molecule has 0 amide bonds. The van der Waals surface area contributed by atoms with Crippen molar-refractivity contribution in [1.29, 1.82) is 5.41 Å². The van der Waals surface area contributed by atoms with Crippen LogP contribution in [0.15, 0.2) is 4.99 Å². The van der Waals surface area contributed by atoms with Crippen LogP contribution in [0.2, 0.25) is 5.15 Å². The van der Waals surface area contributed by atoms with Crippen LogP contribution >= 0.6 is 11.6 Å². The fourth-order valence-corrected chi connectivity index (χ4v) is 2.73. The lowest BCUT2D eigenvalue weighted by molar-refractivity contribution is 0.667. The highest BCUT2D eigenvalue weighted by Crippen LogP contribution is 2.32. The lowest BCUT2D eigenvalue weighted by atomic mass is 9.90. The number of aryl methyl sites for hydroxylation is 1. The van der Waals surface area contributed by atoms with E-state index >= 15 is 0 Å². The van der Waals surface area contributed by atoms with Gasteiger partial charge in [0.2, 0.25) is 0 Å². The van der Waals surface area contributed by atoms with Crippen LogP contribution in [0.3, 0.4) is 0 Å². The number of rotatable bonds is 0. The molecule has 3 N–H and O–H groups in total. The molecule has 3 rings (SSSR count). The van der Waals surface area contributed by atoms with Gasteiger partial charge in [0.15, 0.2) is 5.84 Å². The molecule has 2 heterocycles. The number of amidine groups is 2. The fourth-order valence-electron chi connectivity index (χ4n) is 2.44. The summed E-state index contributed by atoms with van der Waals surface area (Å²) in [7, 11) is 0. The third kappa shape index (κ3) is 1.19. The Balaban J connectivity index is 2.33. The molecule has 0 radical (unpaired) electrons. The van der Waals surface area contributed by atoms with Crippen molar-refractivity contribution in [3.05, 3.63) is 27.5 Å². The average Bonchev–Trinajstić information content (AvgIpc) is 2.55. The van der Waals surface area contributed by atoms with Crippen LogP contribution < -0.4 is 5.73 Å². The van der Waals surface area contributed by atoms with Crippen molar-refractivity contribution >= 4 is 23.3 Å². The zero-order chi connectivity index (χ0) is 11.3. The minimum Gasteiger partial charge on any atom is -0.383 e. The number of aromatic nitrogens is 1. The molecule has 0 fully saturated rings. The summed E-state index contributed by atoms with van der Waals surface area (Å²) in [6.45, 7) is 0. The lowest BCUT2D eigenvalue weighted by Crippen LogP contribution is -2.18. The summed E-state index contributed by atoms with van der Waals surface area (Å²) >= 11 is 6.09. The van der Waals surface area contributed by atoms with Crippen LogP contribution in [0, 0.1) is 5.41 Å². The van der Waals surface area contributed by atoms with Gasteiger partial charge in [0.1, 0.15) is 11.0 Å². The van der Waals surface area contributed by atoms with Gasteiger partial charge in [0.05, 0.1) is 5.56 Å². The SMILES string of the molecule is N=C1N=C(N)c2c3c(nc(Cl)c21)CCCC3. The highest BCUT2D eigenvalue weighted by atomic mass is 35.5. The first-order chi connectivity index (χ1) is 7.68. The summed E-state index contributed by atoms with van der Waals surface area (Å²) in [6.07, 6.45) is 4.20. The third-order valence-corrected chi connectivity index (χ3v) is 3.43. The van der Waals surface area contributed by atoms with E-state index in [1.165, 1.54) is 0 Å². The molecule has 2 aliphatic rings. The summed E-state index contributed by atoms with van der Waals surface area (Å²) < 4.78 is 0. The number of nitrogens with two attached hydrogens (primary N) is 1. The largest absolute Gasteiger partial charge is 0.383 e. The molecule has 16 heavy (non-hydrogen) atoms. The quantitative estimate of drug-likeness (QED) is 0.670. The Hall–Kier alpha value is -1.42. The maximum Gasteiger partial charge on any atom is 0.158 e. The van der Waals surface area contributed by atoms with E-state index in [1.807, 2.05) is 0 Å². The first kappa shape index (κ1) is 9.78. The van der Waals surface area contributed by atoms with Gasteiger partial charge in [-0.3, -0.25) is 5.41 Å². The van der Waals surface area contributed by atoms with E-state index in [0.29, 0.717) is 16.6 Å². The van der Waals surface area contributed by atoms with Crippen LogP contribution in [0.1, 0.15) is 35.2 Å². The zero-order valence-electron chi connectivity index (χ0n) is 8.68. The number of halogens is 1. The first-order valence-electron chi connectivity index (χ1n) is 5.33. The monoisotopic (exact) mass is 234 g/mol. The van der Waals surface area contributed by atoms with E-state index in [2.05, 4.69) is 9.98 Å². The van der Waals surface area contributed by atoms with Crippen molar-refractivity contribution in [2.75, 3.05) is 0 Å². The molecular formula is C11H11ClN4. The van der Waals surface area contributed by atoms with Gasteiger partial charge < -0.3 is 5.73 Å². The van der Waals surface area contributed by atoms with E-state index in [4.69, 9.17) is 22.7 Å². The van der Waals surface area contributed by atoms with Crippen molar-refractivity contribution in [2.24, 2.45) is 10.7 Å². The molecule has 0 bridgehead atoms. The molecule has 0 spiro atoms. The van der Waals surface area contributed by atoms with E-state index in [1.54, 1.807) is 0 Å². The molecule has 4 nitrogen and oxygen atoms in total. The van der Waals surface area contributed by atoms with Gasteiger partial charge in [-0.15, -0.1) is 0 Å². The first-order valence-corrected chi connectivity index (χ1v) is 5.71. The molecule has 1 aromatic rings. The average molecular weight is 235 g/mol. The summed E-state index contributed by atoms with van der Waals surface area (Å²) in [5.41, 5.74) is 9.50. The molecule has 0 saturated carbocycles. The topological polar surface area (TPSA) is 75.1 Å². The number of nitrogens with zero attached hydrogens (tertiary/aromatic N) is 2. The number of hydrogen-bond donors (Lipinski definition) is 2. The van der Waals surface area contributed by atoms with Crippen molar-refractivity contribution in [3.63, 3.8) is 0 Å². The van der Waals surface area contributed by atoms with Crippen LogP contribution in [0.5, 0.6) is 0 Å². The second kappa shape index (κ2) is 3.28. The number of pyridine rings is 1. The smallest absolute Gasteiger partial charge is 0.158 e.